The third kappa shape index (κ3) is 0.826. The van der Waals surface area contributed by atoms with Gasteiger partial charge in [-0.1, -0.05) is 0 Å². The molecule has 0 unspecified atom stereocenters. The van der Waals surface area contributed by atoms with Crippen molar-refractivity contribution < 1.29 is 9.59 Å². The van der Waals surface area contributed by atoms with Crippen LogP contribution in [0.2, 0.25) is 0 Å². The highest BCUT2D eigenvalue weighted by atomic mass is 16.2. The van der Waals surface area contributed by atoms with Crippen LogP contribution in [0.3, 0.4) is 0 Å². The molecule has 0 atom stereocenters. The molecule has 2 amide bonds. The lowest BCUT2D eigenvalue weighted by atomic mass is 10.5. The molecule has 0 fully saturated rings. The highest BCUT2D eigenvalue weighted by molar-refractivity contribution is 6.41. The Morgan fingerprint density at radius 3 is 2.56 bits per heavy atom. The summed E-state index contributed by atoms with van der Waals surface area (Å²) in [7, 11) is 0. The van der Waals surface area contributed by atoms with Gasteiger partial charge in [-0.15, -0.1) is 0 Å². The number of aliphatic imine (C=N–C) groups is 1. The van der Waals surface area contributed by atoms with Gasteiger partial charge in [-0.2, -0.15) is 4.99 Å². The minimum absolute atomic E-state index is 0.508. The number of carbonyl (C=O) groups is 2. The van der Waals surface area contributed by atoms with E-state index in [1.807, 2.05) is 0 Å². The van der Waals surface area contributed by atoms with Gasteiger partial charge in [0, 0.05) is 6.54 Å². The molecular formula is C5H6N2O2. The molecule has 0 aromatic carbocycles. The van der Waals surface area contributed by atoms with Gasteiger partial charge in [0.15, 0.2) is 0 Å². The van der Waals surface area contributed by atoms with Crippen LogP contribution in [0.15, 0.2) is 4.99 Å². The molecule has 1 rings (SSSR count). The average molecular weight is 126 g/mol. The second kappa shape index (κ2) is 1.97. The Hall–Kier alpha value is -1.19. The van der Waals surface area contributed by atoms with Crippen molar-refractivity contribution in [2.24, 2.45) is 4.99 Å². The molecule has 9 heavy (non-hydrogen) atoms. The van der Waals surface area contributed by atoms with Gasteiger partial charge >= 0.3 is 11.8 Å². The molecule has 48 valence electrons. The molecule has 0 saturated carbocycles. The predicted molar refractivity (Wildman–Crippen MR) is 30.9 cm³/mol. The number of rotatable bonds is 1. The van der Waals surface area contributed by atoms with E-state index in [2.05, 4.69) is 4.99 Å². The van der Waals surface area contributed by atoms with Gasteiger partial charge in [0.25, 0.3) is 0 Å². The first-order valence-corrected chi connectivity index (χ1v) is 2.65. The molecule has 0 aliphatic carbocycles. The molecule has 4 nitrogen and oxygen atoms in total. The Morgan fingerprint density at radius 2 is 2.33 bits per heavy atom. The zero-order valence-corrected chi connectivity index (χ0v) is 5.00. The van der Waals surface area contributed by atoms with E-state index >= 15 is 0 Å². The van der Waals surface area contributed by atoms with Crippen molar-refractivity contribution in [2.75, 3.05) is 6.54 Å². The van der Waals surface area contributed by atoms with Crippen LogP contribution in [0.4, 0.5) is 0 Å². The van der Waals surface area contributed by atoms with Crippen molar-refractivity contribution >= 4 is 18.2 Å². The van der Waals surface area contributed by atoms with Gasteiger partial charge in [0.2, 0.25) is 0 Å². The third-order valence-corrected chi connectivity index (χ3v) is 1.10. The van der Waals surface area contributed by atoms with Crippen molar-refractivity contribution in [3.05, 3.63) is 0 Å². The number of amides is 2. The van der Waals surface area contributed by atoms with Crippen molar-refractivity contribution in [1.82, 2.24) is 4.90 Å². The molecule has 1 heterocycles. The van der Waals surface area contributed by atoms with Gasteiger partial charge in [-0.3, -0.25) is 14.5 Å². The zero-order chi connectivity index (χ0) is 6.85. The van der Waals surface area contributed by atoms with Crippen molar-refractivity contribution in [3.63, 3.8) is 0 Å². The fourth-order valence-electron chi connectivity index (χ4n) is 0.578. The lowest BCUT2D eigenvalue weighted by molar-refractivity contribution is -0.139. The lowest BCUT2D eigenvalue weighted by Gasteiger charge is -2.03. The topological polar surface area (TPSA) is 49.7 Å². The summed E-state index contributed by atoms with van der Waals surface area (Å²) in [5, 5.41) is 0. The molecule has 0 N–H and O–H groups in total. The predicted octanol–water partition coefficient (Wildman–Crippen LogP) is -0.597. The monoisotopic (exact) mass is 126 g/mol. The zero-order valence-electron chi connectivity index (χ0n) is 5.00. The normalized spacial score (nSPS) is 17.7. The summed E-state index contributed by atoms with van der Waals surface area (Å²) in [6.07, 6.45) is 1.25. The standard InChI is InChI=1S/C5H6N2O2/c1-2-7-3-6-4(8)5(7)9/h3H,2H2,1H3. The number of hydrogen-bond donors (Lipinski definition) is 0. The quantitative estimate of drug-likeness (QED) is 0.440. The van der Waals surface area contributed by atoms with Gasteiger partial charge in [-0.25, -0.2) is 0 Å². The molecule has 1 aliphatic rings. The fraction of sp³-hybridized carbons (Fsp3) is 0.400. The van der Waals surface area contributed by atoms with Crippen LogP contribution in [-0.2, 0) is 9.59 Å². The van der Waals surface area contributed by atoms with Gasteiger partial charge in [0.1, 0.15) is 6.34 Å². The Balaban J connectivity index is 2.73. The summed E-state index contributed by atoms with van der Waals surface area (Å²) >= 11 is 0. The van der Waals surface area contributed by atoms with Crippen LogP contribution in [0.5, 0.6) is 0 Å². The highest BCUT2D eigenvalue weighted by Gasteiger charge is 2.23. The molecule has 0 aromatic rings. The van der Waals surface area contributed by atoms with Crippen molar-refractivity contribution in [3.8, 4) is 0 Å². The number of hydrogen-bond acceptors (Lipinski definition) is 2. The SMILES string of the molecule is CCN1C=NC(=O)C1=O. The molecular weight excluding hydrogens is 120 g/mol. The van der Waals surface area contributed by atoms with E-state index in [-0.39, 0.29) is 0 Å². The Labute approximate surface area is 52.2 Å². The molecule has 0 spiro atoms. The lowest BCUT2D eigenvalue weighted by Crippen LogP contribution is -2.27. The molecule has 0 saturated heterocycles. The molecule has 0 bridgehead atoms. The first-order valence-electron chi connectivity index (χ1n) is 2.65. The molecule has 4 heteroatoms. The molecule has 1 aliphatic heterocycles. The van der Waals surface area contributed by atoms with Crippen LogP contribution >= 0.6 is 0 Å². The second-order valence-corrected chi connectivity index (χ2v) is 1.64. The van der Waals surface area contributed by atoms with Crippen LogP contribution in [-0.4, -0.2) is 29.6 Å². The van der Waals surface area contributed by atoms with E-state index < -0.39 is 11.8 Å². The maximum atomic E-state index is 10.6. The summed E-state index contributed by atoms with van der Waals surface area (Å²) in [4.78, 5) is 25.5. The van der Waals surface area contributed by atoms with Crippen LogP contribution < -0.4 is 0 Å². The number of nitrogens with zero attached hydrogens (tertiary/aromatic N) is 2. The molecule has 0 aromatic heterocycles. The van der Waals surface area contributed by atoms with Crippen molar-refractivity contribution in [1.29, 1.82) is 0 Å². The van der Waals surface area contributed by atoms with Crippen molar-refractivity contribution in [2.45, 2.75) is 6.92 Å². The first-order chi connectivity index (χ1) is 4.25. The Morgan fingerprint density at radius 1 is 1.67 bits per heavy atom. The summed E-state index contributed by atoms with van der Waals surface area (Å²) in [6.45, 7) is 2.29. The van der Waals surface area contributed by atoms with Crippen LogP contribution in [0, 0.1) is 0 Å². The number of carbonyl (C=O) groups excluding carboxylic acids is 2. The maximum absolute atomic E-state index is 10.6. The largest absolute Gasteiger partial charge is 0.336 e. The Bertz CT molecular complexity index is 185. The average Bonchev–Trinajstić information content (AvgIpc) is 2.15. The second-order valence-electron chi connectivity index (χ2n) is 1.64. The third-order valence-electron chi connectivity index (χ3n) is 1.10. The first kappa shape index (κ1) is 5.94. The van der Waals surface area contributed by atoms with E-state index in [0.29, 0.717) is 6.54 Å². The minimum atomic E-state index is -0.670. The van der Waals surface area contributed by atoms with E-state index in [1.165, 1.54) is 11.2 Å². The van der Waals surface area contributed by atoms with E-state index in [9.17, 15) is 9.59 Å². The molecule has 0 radical (unpaired) electrons. The smallest absolute Gasteiger partial charge is 0.295 e. The summed E-state index contributed by atoms with van der Waals surface area (Å²) < 4.78 is 0. The summed E-state index contributed by atoms with van der Waals surface area (Å²) in [6, 6.07) is 0. The number of likely N-dealkylation sites (N-methyl/N-ethyl adjacent to an activating group) is 1. The van der Waals surface area contributed by atoms with E-state index in [0.717, 1.165) is 0 Å². The van der Waals surface area contributed by atoms with Crippen LogP contribution in [0.1, 0.15) is 6.92 Å². The van der Waals surface area contributed by atoms with Gasteiger partial charge < -0.3 is 0 Å². The summed E-state index contributed by atoms with van der Waals surface area (Å²) in [5.74, 6) is -1.20. The maximum Gasteiger partial charge on any atom is 0.336 e. The Kier molecular flexibility index (Phi) is 1.30. The minimum Gasteiger partial charge on any atom is -0.295 e. The highest BCUT2D eigenvalue weighted by Crippen LogP contribution is 1.95. The summed E-state index contributed by atoms with van der Waals surface area (Å²) in [5.41, 5.74) is 0. The van der Waals surface area contributed by atoms with E-state index in [1.54, 1.807) is 6.92 Å². The van der Waals surface area contributed by atoms with Gasteiger partial charge in [-0.05, 0) is 6.92 Å². The van der Waals surface area contributed by atoms with Crippen LogP contribution in [0.25, 0.3) is 0 Å². The van der Waals surface area contributed by atoms with E-state index in [4.69, 9.17) is 0 Å². The van der Waals surface area contributed by atoms with Gasteiger partial charge in [0.05, 0.1) is 0 Å². The fourth-order valence-corrected chi connectivity index (χ4v) is 0.578.